The SMILES string of the molecule is CCOCCCNC(=O)C(C#N)=Cc1ccccc1C. The van der Waals surface area contributed by atoms with Crippen molar-refractivity contribution < 1.29 is 9.53 Å². The van der Waals surface area contributed by atoms with Gasteiger partial charge in [0.1, 0.15) is 11.6 Å². The molecular weight excluding hydrogens is 252 g/mol. The van der Waals surface area contributed by atoms with Gasteiger partial charge in [-0.05, 0) is 37.5 Å². The average Bonchev–Trinajstić information content (AvgIpc) is 2.46. The topological polar surface area (TPSA) is 62.1 Å². The highest BCUT2D eigenvalue weighted by molar-refractivity contribution is 6.01. The first-order chi connectivity index (χ1) is 9.69. The Morgan fingerprint density at radius 3 is 2.85 bits per heavy atom. The van der Waals surface area contributed by atoms with E-state index in [1.165, 1.54) is 0 Å². The Kier molecular flexibility index (Phi) is 7.08. The van der Waals surface area contributed by atoms with Crippen molar-refractivity contribution in [3.63, 3.8) is 0 Å². The number of rotatable bonds is 7. The number of carbonyl (C=O) groups excluding carboxylic acids is 1. The summed E-state index contributed by atoms with van der Waals surface area (Å²) in [6.45, 7) is 5.66. The number of hydrogen-bond acceptors (Lipinski definition) is 3. The van der Waals surface area contributed by atoms with Crippen molar-refractivity contribution in [1.82, 2.24) is 5.32 Å². The molecule has 0 radical (unpaired) electrons. The van der Waals surface area contributed by atoms with Crippen LogP contribution in [-0.2, 0) is 9.53 Å². The van der Waals surface area contributed by atoms with Gasteiger partial charge in [-0.3, -0.25) is 4.79 Å². The smallest absolute Gasteiger partial charge is 0.261 e. The van der Waals surface area contributed by atoms with Crippen LogP contribution in [0, 0.1) is 18.3 Å². The second kappa shape index (κ2) is 8.89. The summed E-state index contributed by atoms with van der Waals surface area (Å²) in [6.07, 6.45) is 2.36. The number of amides is 1. The van der Waals surface area contributed by atoms with Gasteiger partial charge in [0.05, 0.1) is 0 Å². The molecule has 0 aromatic heterocycles. The maximum absolute atomic E-state index is 11.9. The van der Waals surface area contributed by atoms with E-state index in [9.17, 15) is 4.79 Å². The van der Waals surface area contributed by atoms with E-state index >= 15 is 0 Å². The molecule has 1 rings (SSSR count). The van der Waals surface area contributed by atoms with Gasteiger partial charge in [0.15, 0.2) is 0 Å². The lowest BCUT2D eigenvalue weighted by Gasteiger charge is -2.05. The zero-order valence-corrected chi connectivity index (χ0v) is 12.0. The number of nitrogens with zero attached hydrogens (tertiary/aromatic N) is 1. The Morgan fingerprint density at radius 2 is 2.20 bits per heavy atom. The number of ether oxygens (including phenoxy) is 1. The molecule has 1 N–H and O–H groups in total. The normalized spacial score (nSPS) is 10.9. The van der Waals surface area contributed by atoms with Crippen LogP contribution >= 0.6 is 0 Å². The molecule has 0 aliphatic heterocycles. The van der Waals surface area contributed by atoms with Gasteiger partial charge in [0.2, 0.25) is 0 Å². The number of carbonyl (C=O) groups is 1. The van der Waals surface area contributed by atoms with Gasteiger partial charge >= 0.3 is 0 Å². The third-order valence-electron chi connectivity index (χ3n) is 2.81. The minimum absolute atomic E-state index is 0.121. The Labute approximate surface area is 120 Å². The van der Waals surface area contributed by atoms with E-state index in [0.29, 0.717) is 19.8 Å². The van der Waals surface area contributed by atoms with Crippen LogP contribution in [-0.4, -0.2) is 25.7 Å². The molecule has 0 saturated carbocycles. The third-order valence-corrected chi connectivity index (χ3v) is 2.81. The molecule has 0 fully saturated rings. The fraction of sp³-hybridized carbons (Fsp3) is 0.375. The number of nitriles is 1. The molecular formula is C16H20N2O2. The van der Waals surface area contributed by atoms with Crippen molar-refractivity contribution in [1.29, 1.82) is 5.26 Å². The Bertz CT molecular complexity index is 515. The molecule has 0 aliphatic rings. The van der Waals surface area contributed by atoms with Crippen molar-refractivity contribution in [2.24, 2.45) is 0 Å². The minimum Gasteiger partial charge on any atom is -0.382 e. The molecule has 0 bridgehead atoms. The summed E-state index contributed by atoms with van der Waals surface area (Å²) in [6, 6.07) is 9.58. The first kappa shape index (κ1) is 15.9. The quantitative estimate of drug-likeness (QED) is 0.471. The van der Waals surface area contributed by atoms with Crippen LogP contribution in [0.25, 0.3) is 6.08 Å². The van der Waals surface area contributed by atoms with Crippen molar-refractivity contribution >= 4 is 12.0 Å². The minimum atomic E-state index is -0.341. The van der Waals surface area contributed by atoms with E-state index < -0.39 is 0 Å². The number of nitrogens with one attached hydrogen (secondary N) is 1. The van der Waals surface area contributed by atoms with Crippen LogP contribution in [0.2, 0.25) is 0 Å². The molecule has 0 saturated heterocycles. The second-order valence-electron chi connectivity index (χ2n) is 4.33. The van der Waals surface area contributed by atoms with Gasteiger partial charge in [0.25, 0.3) is 5.91 Å². The predicted octanol–water partition coefficient (Wildman–Crippen LogP) is 2.44. The first-order valence-corrected chi connectivity index (χ1v) is 6.72. The van der Waals surface area contributed by atoms with Crippen LogP contribution in [0.15, 0.2) is 29.8 Å². The lowest BCUT2D eigenvalue weighted by molar-refractivity contribution is -0.117. The highest BCUT2D eigenvalue weighted by Crippen LogP contribution is 2.11. The second-order valence-corrected chi connectivity index (χ2v) is 4.33. The van der Waals surface area contributed by atoms with E-state index in [4.69, 9.17) is 10.00 Å². The molecule has 1 amide bonds. The van der Waals surface area contributed by atoms with E-state index in [1.54, 1.807) is 6.08 Å². The molecule has 0 spiro atoms. The summed E-state index contributed by atoms with van der Waals surface area (Å²) < 4.78 is 5.18. The van der Waals surface area contributed by atoms with E-state index in [2.05, 4.69) is 5.32 Å². The van der Waals surface area contributed by atoms with Crippen molar-refractivity contribution in [2.45, 2.75) is 20.3 Å². The van der Waals surface area contributed by atoms with E-state index in [1.807, 2.05) is 44.2 Å². The Morgan fingerprint density at radius 1 is 1.45 bits per heavy atom. The molecule has 20 heavy (non-hydrogen) atoms. The summed E-state index contributed by atoms with van der Waals surface area (Å²) in [5.74, 6) is -0.341. The molecule has 0 heterocycles. The summed E-state index contributed by atoms with van der Waals surface area (Å²) in [5, 5.41) is 11.8. The van der Waals surface area contributed by atoms with E-state index in [-0.39, 0.29) is 11.5 Å². The van der Waals surface area contributed by atoms with Crippen molar-refractivity contribution in [3.8, 4) is 6.07 Å². The van der Waals surface area contributed by atoms with Crippen LogP contribution in [0.5, 0.6) is 0 Å². The van der Waals surface area contributed by atoms with Crippen LogP contribution in [0.3, 0.4) is 0 Å². The predicted molar refractivity (Wildman–Crippen MR) is 78.9 cm³/mol. The molecule has 0 unspecified atom stereocenters. The van der Waals surface area contributed by atoms with Crippen molar-refractivity contribution in [3.05, 3.63) is 41.0 Å². The molecule has 0 aliphatic carbocycles. The third kappa shape index (κ3) is 5.25. The fourth-order valence-corrected chi connectivity index (χ4v) is 1.67. The van der Waals surface area contributed by atoms with Gasteiger partial charge in [-0.1, -0.05) is 24.3 Å². The summed E-state index contributed by atoms with van der Waals surface area (Å²) in [7, 11) is 0. The summed E-state index contributed by atoms with van der Waals surface area (Å²) in [4.78, 5) is 11.9. The van der Waals surface area contributed by atoms with Gasteiger partial charge < -0.3 is 10.1 Å². The number of aryl methyl sites for hydroxylation is 1. The molecule has 1 aromatic rings. The molecule has 4 heteroatoms. The lowest BCUT2D eigenvalue weighted by Crippen LogP contribution is -2.26. The van der Waals surface area contributed by atoms with Gasteiger partial charge in [-0.2, -0.15) is 5.26 Å². The van der Waals surface area contributed by atoms with E-state index in [0.717, 1.165) is 17.5 Å². The number of hydrogen-bond donors (Lipinski definition) is 1. The maximum Gasteiger partial charge on any atom is 0.261 e. The van der Waals surface area contributed by atoms with Gasteiger partial charge in [-0.25, -0.2) is 0 Å². The maximum atomic E-state index is 11.9. The summed E-state index contributed by atoms with van der Waals surface area (Å²) >= 11 is 0. The highest BCUT2D eigenvalue weighted by Gasteiger charge is 2.08. The molecule has 106 valence electrons. The monoisotopic (exact) mass is 272 g/mol. The Hall–Kier alpha value is -2.12. The van der Waals surface area contributed by atoms with Gasteiger partial charge in [0, 0.05) is 19.8 Å². The lowest BCUT2D eigenvalue weighted by atomic mass is 10.1. The number of benzene rings is 1. The van der Waals surface area contributed by atoms with Crippen LogP contribution in [0.1, 0.15) is 24.5 Å². The first-order valence-electron chi connectivity index (χ1n) is 6.72. The summed E-state index contributed by atoms with van der Waals surface area (Å²) in [5.41, 5.74) is 2.04. The highest BCUT2D eigenvalue weighted by atomic mass is 16.5. The zero-order valence-electron chi connectivity index (χ0n) is 12.0. The standard InChI is InChI=1S/C16H20N2O2/c1-3-20-10-6-9-18-16(19)15(12-17)11-14-8-5-4-7-13(14)2/h4-5,7-8,11H,3,6,9-10H2,1-2H3,(H,18,19). The molecule has 1 aromatic carbocycles. The van der Waals surface area contributed by atoms with Gasteiger partial charge in [-0.15, -0.1) is 0 Å². The van der Waals surface area contributed by atoms with Crippen LogP contribution in [0.4, 0.5) is 0 Å². The van der Waals surface area contributed by atoms with Crippen molar-refractivity contribution in [2.75, 3.05) is 19.8 Å². The zero-order chi connectivity index (χ0) is 14.8. The average molecular weight is 272 g/mol. The molecule has 4 nitrogen and oxygen atoms in total. The largest absolute Gasteiger partial charge is 0.382 e. The fourth-order valence-electron chi connectivity index (χ4n) is 1.67. The molecule has 0 atom stereocenters. The van der Waals surface area contributed by atoms with Crippen LogP contribution < -0.4 is 5.32 Å². The Balaban J connectivity index is 2.60.